The van der Waals surface area contributed by atoms with Crippen molar-refractivity contribution in [3.05, 3.63) is 170 Å². The Morgan fingerprint density at radius 3 is 1.63 bits per heavy atom. The van der Waals surface area contributed by atoms with Gasteiger partial charge in [-0.15, -0.1) is 0 Å². The number of nitrogens with zero attached hydrogens (tertiary/aromatic N) is 4. The molecular weight excluding hydrogens is 604 g/mol. The van der Waals surface area contributed by atoms with Crippen molar-refractivity contribution in [1.82, 2.24) is 19.1 Å². The summed E-state index contributed by atoms with van der Waals surface area (Å²) in [6.07, 6.45) is 0. The number of benzene rings is 7. The van der Waals surface area contributed by atoms with Crippen molar-refractivity contribution in [1.29, 1.82) is 0 Å². The van der Waals surface area contributed by atoms with Gasteiger partial charge in [0.15, 0.2) is 5.82 Å². The molecule has 0 spiro atoms. The van der Waals surface area contributed by atoms with E-state index in [4.69, 9.17) is 9.97 Å². The van der Waals surface area contributed by atoms with Crippen LogP contribution in [-0.2, 0) is 0 Å². The van der Waals surface area contributed by atoms with Crippen LogP contribution in [0.1, 0.15) is 0 Å². The Labute approximate surface area is 281 Å². The number of fused-ring (bicyclic) bond motifs is 7. The van der Waals surface area contributed by atoms with Gasteiger partial charge >= 0.3 is 0 Å². The molecule has 3 heterocycles. The van der Waals surface area contributed by atoms with E-state index < -0.39 is 0 Å². The van der Waals surface area contributed by atoms with Gasteiger partial charge in [-0.3, -0.25) is 0 Å². The number of rotatable bonds is 4. The minimum atomic E-state index is -0.238. The summed E-state index contributed by atoms with van der Waals surface area (Å²) in [5.74, 6) is 0.443. The van der Waals surface area contributed by atoms with E-state index in [0.717, 1.165) is 77.3 Å². The van der Waals surface area contributed by atoms with Gasteiger partial charge in [-0.05, 0) is 78.9 Å². The van der Waals surface area contributed by atoms with Crippen molar-refractivity contribution >= 4 is 54.5 Å². The van der Waals surface area contributed by atoms with E-state index in [-0.39, 0.29) is 5.82 Å². The summed E-state index contributed by atoms with van der Waals surface area (Å²) in [5, 5.41) is 5.26. The minimum Gasteiger partial charge on any atom is -0.309 e. The summed E-state index contributed by atoms with van der Waals surface area (Å²) in [7, 11) is 0. The highest BCUT2D eigenvalue weighted by Crippen LogP contribution is 2.37. The molecule has 10 rings (SSSR count). The van der Waals surface area contributed by atoms with E-state index in [2.05, 4.69) is 118 Å². The quantitative estimate of drug-likeness (QED) is 0.194. The molecule has 0 bridgehead atoms. The lowest BCUT2D eigenvalue weighted by Crippen LogP contribution is -1.97. The molecule has 0 N–H and O–H groups in total. The molecule has 0 aliphatic heterocycles. The molecule has 10 aromatic rings. The maximum Gasteiger partial charge on any atom is 0.160 e. The van der Waals surface area contributed by atoms with E-state index in [9.17, 15) is 4.39 Å². The first-order valence-corrected chi connectivity index (χ1v) is 16.4. The molecule has 0 aliphatic carbocycles. The Morgan fingerprint density at radius 1 is 0.388 bits per heavy atom. The average Bonchev–Trinajstić information content (AvgIpc) is 3.67. The Kier molecular flexibility index (Phi) is 6.02. The molecule has 7 aromatic carbocycles. The second-order valence-corrected chi connectivity index (χ2v) is 12.4. The zero-order valence-electron chi connectivity index (χ0n) is 26.3. The van der Waals surface area contributed by atoms with Crippen LogP contribution in [0.25, 0.3) is 88.5 Å². The van der Waals surface area contributed by atoms with Gasteiger partial charge in [0.05, 0.1) is 33.3 Å². The molecular formula is C44H27FN4. The van der Waals surface area contributed by atoms with Crippen LogP contribution < -0.4 is 0 Å². The number of hydrogen-bond acceptors (Lipinski definition) is 2. The first-order chi connectivity index (χ1) is 24.2. The molecule has 4 nitrogen and oxygen atoms in total. The maximum absolute atomic E-state index is 14.3. The maximum atomic E-state index is 14.3. The van der Waals surface area contributed by atoms with Crippen LogP contribution in [-0.4, -0.2) is 19.1 Å². The number of para-hydroxylation sites is 4. The van der Waals surface area contributed by atoms with Gasteiger partial charge in [0.2, 0.25) is 0 Å². The Balaban J connectivity index is 1.13. The summed E-state index contributed by atoms with van der Waals surface area (Å²) >= 11 is 0. The van der Waals surface area contributed by atoms with Gasteiger partial charge in [-0.25, -0.2) is 14.4 Å². The summed E-state index contributed by atoms with van der Waals surface area (Å²) in [6, 6.07) is 55.4. The van der Waals surface area contributed by atoms with E-state index >= 15 is 0 Å². The molecule has 0 aliphatic rings. The fourth-order valence-corrected chi connectivity index (χ4v) is 7.38. The van der Waals surface area contributed by atoms with Crippen LogP contribution in [0.4, 0.5) is 4.39 Å². The second-order valence-electron chi connectivity index (χ2n) is 12.4. The van der Waals surface area contributed by atoms with Crippen LogP contribution >= 0.6 is 0 Å². The van der Waals surface area contributed by atoms with Crippen LogP contribution in [0, 0.1) is 5.82 Å². The highest BCUT2D eigenvalue weighted by molar-refractivity contribution is 6.11. The van der Waals surface area contributed by atoms with Crippen molar-refractivity contribution < 1.29 is 4.39 Å². The molecule has 5 heteroatoms. The summed E-state index contributed by atoms with van der Waals surface area (Å²) in [6.45, 7) is 0. The number of aromatic nitrogens is 4. The van der Waals surface area contributed by atoms with Crippen LogP contribution in [0.15, 0.2) is 164 Å². The Hall–Kier alpha value is -6.59. The molecule has 0 saturated carbocycles. The monoisotopic (exact) mass is 630 g/mol. The SMILES string of the molecule is Fc1ccc2c(c1)c1ccccc1n2-c1ccc(-c2nc(-c3ccc4c(c3)c3ccccc3n4-c3ccccc3)nc3ccccc23)cc1. The highest BCUT2D eigenvalue weighted by Gasteiger charge is 2.17. The minimum absolute atomic E-state index is 0.238. The lowest BCUT2D eigenvalue weighted by atomic mass is 10.0. The number of halogens is 1. The van der Waals surface area contributed by atoms with Crippen molar-refractivity contribution in [2.24, 2.45) is 0 Å². The molecule has 0 amide bonds. The average molecular weight is 631 g/mol. The zero-order chi connectivity index (χ0) is 32.5. The lowest BCUT2D eigenvalue weighted by Gasteiger charge is -2.12. The van der Waals surface area contributed by atoms with Crippen molar-refractivity contribution in [2.45, 2.75) is 0 Å². The smallest absolute Gasteiger partial charge is 0.160 e. The Bertz CT molecular complexity index is 2880. The van der Waals surface area contributed by atoms with E-state index in [1.54, 1.807) is 6.07 Å². The van der Waals surface area contributed by atoms with E-state index in [1.165, 1.54) is 11.5 Å². The zero-order valence-corrected chi connectivity index (χ0v) is 26.3. The third kappa shape index (κ3) is 4.29. The fourth-order valence-electron chi connectivity index (χ4n) is 7.38. The van der Waals surface area contributed by atoms with Gasteiger partial charge < -0.3 is 9.13 Å². The lowest BCUT2D eigenvalue weighted by molar-refractivity contribution is 0.629. The molecule has 230 valence electrons. The van der Waals surface area contributed by atoms with Crippen LogP contribution in [0.3, 0.4) is 0 Å². The van der Waals surface area contributed by atoms with Crippen LogP contribution in [0.2, 0.25) is 0 Å². The van der Waals surface area contributed by atoms with Gasteiger partial charge in [0.25, 0.3) is 0 Å². The third-order valence-electron chi connectivity index (χ3n) is 9.58. The summed E-state index contributed by atoms with van der Waals surface area (Å²) in [5.41, 5.74) is 10.2. The molecule has 0 saturated heterocycles. The first-order valence-electron chi connectivity index (χ1n) is 16.4. The molecule has 0 atom stereocenters. The molecule has 0 fully saturated rings. The van der Waals surface area contributed by atoms with Crippen LogP contribution in [0.5, 0.6) is 0 Å². The van der Waals surface area contributed by atoms with E-state index in [1.807, 2.05) is 42.5 Å². The van der Waals surface area contributed by atoms with Gasteiger partial charge in [0.1, 0.15) is 5.82 Å². The topological polar surface area (TPSA) is 35.6 Å². The standard InChI is InChI=1S/C44H27FN4/c45-30-21-25-42-37(27-30)34-13-6-9-17-40(34)49(42)32-22-18-28(19-23-32)43-35-14-4-7-15-38(35)46-44(47-43)29-20-24-41-36(26-29)33-12-5-8-16-39(33)48(41)31-10-2-1-3-11-31/h1-27H. The molecule has 3 aromatic heterocycles. The third-order valence-corrected chi connectivity index (χ3v) is 9.58. The largest absolute Gasteiger partial charge is 0.309 e. The summed E-state index contributed by atoms with van der Waals surface area (Å²) in [4.78, 5) is 10.3. The van der Waals surface area contributed by atoms with Gasteiger partial charge in [-0.2, -0.15) is 0 Å². The first kappa shape index (κ1) is 27.5. The predicted molar refractivity (Wildman–Crippen MR) is 199 cm³/mol. The molecule has 49 heavy (non-hydrogen) atoms. The Morgan fingerprint density at radius 2 is 0.918 bits per heavy atom. The number of hydrogen-bond donors (Lipinski definition) is 0. The molecule has 0 radical (unpaired) electrons. The van der Waals surface area contributed by atoms with Gasteiger partial charge in [-0.1, -0.05) is 84.9 Å². The van der Waals surface area contributed by atoms with Crippen molar-refractivity contribution in [3.8, 4) is 34.0 Å². The highest BCUT2D eigenvalue weighted by atomic mass is 19.1. The fraction of sp³-hybridized carbons (Fsp3) is 0. The van der Waals surface area contributed by atoms with Gasteiger partial charge in [0, 0.05) is 49.4 Å². The van der Waals surface area contributed by atoms with Crippen molar-refractivity contribution in [2.75, 3.05) is 0 Å². The predicted octanol–water partition coefficient (Wildman–Crippen LogP) is 11.3. The van der Waals surface area contributed by atoms with E-state index in [0.29, 0.717) is 5.82 Å². The summed E-state index contributed by atoms with van der Waals surface area (Å²) < 4.78 is 18.8. The van der Waals surface area contributed by atoms with Crippen molar-refractivity contribution in [3.63, 3.8) is 0 Å². The molecule has 0 unspecified atom stereocenters. The normalized spacial score (nSPS) is 11.8. The second kappa shape index (κ2) is 10.7.